The van der Waals surface area contributed by atoms with Crippen LogP contribution in [0.15, 0.2) is 47.5 Å². The number of benzene rings is 2. The van der Waals surface area contributed by atoms with Gasteiger partial charge in [-0.3, -0.25) is 4.79 Å². The average Bonchev–Trinajstić information content (AvgIpc) is 3.24. The molecular weight excluding hydrogens is 452 g/mol. The smallest absolute Gasteiger partial charge is 0.252 e. The third-order valence-electron chi connectivity index (χ3n) is 5.47. The van der Waals surface area contributed by atoms with E-state index >= 15 is 0 Å². The van der Waals surface area contributed by atoms with Gasteiger partial charge >= 0.3 is 0 Å². The summed E-state index contributed by atoms with van der Waals surface area (Å²) in [5.74, 6) is 1.45. The molecule has 170 valence electrons. The molecule has 1 amide bonds. The number of carbonyl (C=O) groups is 1. The Hall–Kier alpha value is -2.72. The number of hydrogen-bond donors (Lipinski definition) is 0. The van der Waals surface area contributed by atoms with Gasteiger partial charge in [0.1, 0.15) is 17.2 Å². The lowest BCUT2D eigenvalue weighted by Gasteiger charge is -2.26. The Labute approximate surface area is 191 Å². The van der Waals surface area contributed by atoms with Crippen LogP contribution in [0.4, 0.5) is 5.69 Å². The summed E-state index contributed by atoms with van der Waals surface area (Å²) < 4.78 is 40.9. The van der Waals surface area contributed by atoms with Gasteiger partial charge in [0.05, 0.1) is 51.0 Å². The molecule has 2 fully saturated rings. The van der Waals surface area contributed by atoms with Crippen LogP contribution in [0.25, 0.3) is 0 Å². The number of amidine groups is 1. The van der Waals surface area contributed by atoms with E-state index in [4.69, 9.17) is 14.2 Å². The Morgan fingerprint density at radius 1 is 1.06 bits per heavy atom. The fourth-order valence-electron chi connectivity index (χ4n) is 3.99. The third kappa shape index (κ3) is 4.42. The molecule has 0 aromatic heterocycles. The average molecular weight is 477 g/mol. The molecule has 0 aliphatic carbocycles. The third-order valence-corrected chi connectivity index (χ3v) is 8.68. The Kier molecular flexibility index (Phi) is 6.34. The minimum Gasteiger partial charge on any atom is -0.497 e. The normalized spacial score (nSPS) is 22.6. The van der Waals surface area contributed by atoms with E-state index < -0.39 is 9.84 Å². The standard InChI is InChI=1S/C22H24N2O6S2/c1-28-15-8-9-19(30-3)16(11-15)24-17-12-32(26,27)13-20(17)31-22(24)23-21(25)10-14-6-4-5-7-18(14)29-2/h4-9,11,17,20H,10,12-13H2,1-3H3/t17-,20+/m1/s1. The van der Waals surface area contributed by atoms with Gasteiger partial charge in [-0.15, -0.1) is 0 Å². The van der Waals surface area contributed by atoms with Crippen LogP contribution in [0.3, 0.4) is 0 Å². The van der Waals surface area contributed by atoms with Crippen molar-refractivity contribution in [2.45, 2.75) is 17.7 Å². The number of amides is 1. The van der Waals surface area contributed by atoms with Gasteiger partial charge in [-0.25, -0.2) is 8.42 Å². The first kappa shape index (κ1) is 22.5. The summed E-state index contributed by atoms with van der Waals surface area (Å²) >= 11 is 1.32. The van der Waals surface area contributed by atoms with Gasteiger partial charge in [-0.2, -0.15) is 4.99 Å². The van der Waals surface area contributed by atoms with E-state index in [1.165, 1.54) is 11.8 Å². The van der Waals surface area contributed by atoms with Crippen molar-refractivity contribution in [3.8, 4) is 17.2 Å². The van der Waals surface area contributed by atoms with Crippen LogP contribution in [0, 0.1) is 0 Å². The molecule has 2 aromatic carbocycles. The number of rotatable bonds is 6. The Bertz CT molecular complexity index is 1160. The number of fused-ring (bicyclic) bond motifs is 1. The van der Waals surface area contributed by atoms with Crippen LogP contribution in [0.2, 0.25) is 0 Å². The highest BCUT2D eigenvalue weighted by molar-refractivity contribution is 8.16. The summed E-state index contributed by atoms with van der Waals surface area (Å²) in [6.07, 6.45) is 0.0742. The van der Waals surface area contributed by atoms with Gasteiger partial charge in [-0.1, -0.05) is 30.0 Å². The molecule has 0 spiro atoms. The number of nitrogens with zero attached hydrogens (tertiary/aromatic N) is 2. The van der Waals surface area contributed by atoms with Gasteiger partial charge in [-0.05, 0) is 18.2 Å². The van der Waals surface area contributed by atoms with E-state index in [9.17, 15) is 13.2 Å². The molecule has 2 aliphatic rings. The summed E-state index contributed by atoms with van der Waals surface area (Å²) in [6, 6.07) is 12.2. The lowest BCUT2D eigenvalue weighted by atomic mass is 10.1. The molecule has 32 heavy (non-hydrogen) atoms. The summed E-state index contributed by atoms with van der Waals surface area (Å²) in [7, 11) is 1.47. The van der Waals surface area contributed by atoms with E-state index in [1.807, 2.05) is 18.2 Å². The number of para-hydroxylation sites is 1. The lowest BCUT2D eigenvalue weighted by Crippen LogP contribution is -2.38. The van der Waals surface area contributed by atoms with Gasteiger partial charge in [0.15, 0.2) is 15.0 Å². The van der Waals surface area contributed by atoms with Crippen molar-refractivity contribution in [3.05, 3.63) is 48.0 Å². The van der Waals surface area contributed by atoms with Crippen molar-refractivity contribution in [2.24, 2.45) is 4.99 Å². The van der Waals surface area contributed by atoms with Gasteiger partial charge in [0.2, 0.25) is 0 Å². The highest BCUT2D eigenvalue weighted by atomic mass is 32.2. The molecule has 8 nitrogen and oxygen atoms in total. The Morgan fingerprint density at radius 3 is 2.53 bits per heavy atom. The van der Waals surface area contributed by atoms with Crippen LogP contribution in [-0.2, 0) is 21.1 Å². The molecule has 0 saturated carbocycles. The topological polar surface area (TPSA) is 94.5 Å². The van der Waals surface area contributed by atoms with E-state index in [0.717, 1.165) is 5.56 Å². The van der Waals surface area contributed by atoms with E-state index in [2.05, 4.69) is 4.99 Å². The number of anilines is 1. The number of carbonyl (C=O) groups excluding carboxylic acids is 1. The second-order valence-electron chi connectivity index (χ2n) is 7.49. The van der Waals surface area contributed by atoms with Crippen LogP contribution in [-0.4, -0.2) is 63.6 Å². The van der Waals surface area contributed by atoms with Gasteiger partial charge < -0.3 is 19.1 Å². The second kappa shape index (κ2) is 9.03. The molecule has 2 heterocycles. The van der Waals surface area contributed by atoms with Crippen LogP contribution >= 0.6 is 11.8 Å². The highest BCUT2D eigenvalue weighted by Gasteiger charge is 2.50. The number of hydrogen-bond acceptors (Lipinski definition) is 7. The maximum absolute atomic E-state index is 12.9. The van der Waals surface area contributed by atoms with Crippen molar-refractivity contribution >= 4 is 38.4 Å². The maximum atomic E-state index is 12.9. The lowest BCUT2D eigenvalue weighted by molar-refractivity contribution is -0.117. The first-order chi connectivity index (χ1) is 15.3. The Balaban J connectivity index is 1.72. The van der Waals surface area contributed by atoms with Crippen molar-refractivity contribution in [1.82, 2.24) is 0 Å². The molecule has 0 unspecified atom stereocenters. The van der Waals surface area contributed by atoms with Gasteiger partial charge in [0, 0.05) is 16.9 Å². The molecule has 4 rings (SSSR count). The largest absolute Gasteiger partial charge is 0.497 e. The first-order valence-corrected chi connectivity index (χ1v) is 12.7. The summed E-state index contributed by atoms with van der Waals surface area (Å²) in [5.41, 5.74) is 1.36. The van der Waals surface area contributed by atoms with Crippen LogP contribution in [0.1, 0.15) is 5.56 Å². The number of sulfone groups is 1. The number of thioether (sulfide) groups is 1. The second-order valence-corrected chi connectivity index (χ2v) is 10.8. The summed E-state index contributed by atoms with van der Waals surface area (Å²) in [4.78, 5) is 19.1. The van der Waals surface area contributed by atoms with Crippen molar-refractivity contribution < 1.29 is 27.4 Å². The summed E-state index contributed by atoms with van der Waals surface area (Å²) in [5, 5.41) is 0.245. The van der Waals surface area contributed by atoms with Gasteiger partial charge in [0.25, 0.3) is 5.91 Å². The predicted octanol–water partition coefficient (Wildman–Crippen LogP) is 2.56. The van der Waals surface area contributed by atoms with Crippen molar-refractivity contribution in [2.75, 3.05) is 37.7 Å². The highest BCUT2D eigenvalue weighted by Crippen LogP contribution is 2.45. The monoisotopic (exact) mass is 476 g/mol. The SMILES string of the molecule is COc1ccc(OC)c(N2C(=NC(=O)Cc3ccccc3OC)S[C@H]3CS(=O)(=O)C[C@H]32)c1. The van der Waals surface area contributed by atoms with E-state index in [1.54, 1.807) is 50.5 Å². The molecule has 0 bridgehead atoms. The van der Waals surface area contributed by atoms with Crippen LogP contribution in [0.5, 0.6) is 17.2 Å². The molecule has 2 aliphatic heterocycles. The number of methoxy groups -OCH3 is 3. The quantitative estimate of drug-likeness (QED) is 0.628. The van der Waals surface area contributed by atoms with Crippen molar-refractivity contribution in [1.29, 1.82) is 0 Å². The predicted molar refractivity (Wildman–Crippen MR) is 125 cm³/mol. The Morgan fingerprint density at radius 2 is 1.81 bits per heavy atom. The number of aliphatic imine (C=N–C) groups is 1. The summed E-state index contributed by atoms with van der Waals surface area (Å²) in [6.45, 7) is 0. The zero-order chi connectivity index (χ0) is 22.9. The molecule has 10 heteroatoms. The van der Waals surface area contributed by atoms with Crippen LogP contribution < -0.4 is 19.1 Å². The minimum atomic E-state index is -3.18. The minimum absolute atomic E-state index is 0.00918. The maximum Gasteiger partial charge on any atom is 0.252 e. The zero-order valence-electron chi connectivity index (χ0n) is 18.0. The first-order valence-electron chi connectivity index (χ1n) is 9.97. The molecule has 0 radical (unpaired) electrons. The molecular formula is C22H24N2O6S2. The van der Waals surface area contributed by atoms with Crippen molar-refractivity contribution in [3.63, 3.8) is 0 Å². The zero-order valence-corrected chi connectivity index (χ0v) is 19.6. The molecule has 2 saturated heterocycles. The van der Waals surface area contributed by atoms with E-state index in [0.29, 0.717) is 28.1 Å². The molecule has 2 aromatic rings. The fraction of sp³-hybridized carbons (Fsp3) is 0.364. The molecule has 0 N–H and O–H groups in total. The van der Waals surface area contributed by atoms with E-state index in [-0.39, 0.29) is 35.1 Å². The number of ether oxygens (including phenoxy) is 3. The molecule has 2 atom stereocenters. The fourth-order valence-corrected chi connectivity index (χ4v) is 7.91.